The predicted octanol–water partition coefficient (Wildman–Crippen LogP) is -3.47. The SMILES string of the molecule is CC(C)C[C@@H]1NC(=O)[C@@H](N)CSSC[C@@H](C(N)=O)NC(=O)[C@H](CCCCN)NC(=O)[C@H](CC(N)=O)NC(=O)[C@H](CCC(=O)O)NC1=O. The highest BCUT2D eigenvalue weighted by atomic mass is 33.1. The van der Waals surface area contributed by atoms with Crippen molar-refractivity contribution in [3.8, 4) is 0 Å². The first-order chi connectivity index (χ1) is 22.0. The third kappa shape index (κ3) is 16.2. The number of unbranched alkanes of at least 4 members (excludes halogenated alkanes) is 1. The van der Waals surface area contributed by atoms with E-state index >= 15 is 0 Å². The summed E-state index contributed by atoms with van der Waals surface area (Å²) in [7, 11) is 2.23. The van der Waals surface area contributed by atoms with Gasteiger partial charge in [-0.1, -0.05) is 35.4 Å². The van der Waals surface area contributed by atoms with Crippen LogP contribution in [0.25, 0.3) is 0 Å². The molecule has 14 N–H and O–H groups in total. The molecule has 1 rings (SSSR count). The minimum absolute atomic E-state index is 0.0139. The van der Waals surface area contributed by atoms with Crippen LogP contribution in [0, 0.1) is 5.92 Å². The normalized spacial score (nSPS) is 25.9. The number of hydrogen-bond acceptors (Lipinski definition) is 12. The summed E-state index contributed by atoms with van der Waals surface area (Å²) in [5.74, 6) is -7.47. The van der Waals surface area contributed by atoms with Gasteiger partial charge in [-0.05, 0) is 44.6 Å². The fourth-order valence-electron chi connectivity index (χ4n) is 4.29. The van der Waals surface area contributed by atoms with Crippen molar-refractivity contribution in [3.05, 3.63) is 0 Å². The summed E-state index contributed by atoms with van der Waals surface area (Å²) in [6.07, 6.45) is -0.605. The van der Waals surface area contributed by atoms with E-state index in [1.165, 1.54) is 0 Å². The molecule has 0 aliphatic carbocycles. The van der Waals surface area contributed by atoms with Gasteiger partial charge in [-0.25, -0.2) is 0 Å². The Bertz CT molecular complexity index is 1140. The summed E-state index contributed by atoms with van der Waals surface area (Å²) in [5.41, 5.74) is 22.4. The maximum Gasteiger partial charge on any atom is 0.303 e. The lowest BCUT2D eigenvalue weighted by Crippen LogP contribution is -2.60. The first-order valence-electron chi connectivity index (χ1n) is 15.1. The van der Waals surface area contributed by atoms with Gasteiger partial charge in [0.15, 0.2) is 0 Å². The molecule has 20 heteroatoms. The molecule has 0 radical (unpaired) electrons. The van der Waals surface area contributed by atoms with Crippen LogP contribution in [-0.4, -0.2) is 107 Å². The van der Waals surface area contributed by atoms with Crippen LogP contribution in [0.2, 0.25) is 0 Å². The van der Waals surface area contributed by atoms with E-state index in [2.05, 4.69) is 26.6 Å². The number of carbonyl (C=O) groups is 8. The first kappa shape index (κ1) is 41.4. The lowest BCUT2D eigenvalue weighted by atomic mass is 10.0. The van der Waals surface area contributed by atoms with Gasteiger partial charge in [0.1, 0.15) is 30.2 Å². The number of carbonyl (C=O) groups excluding carboxylic acids is 7. The fourth-order valence-corrected chi connectivity index (χ4v) is 6.59. The number of amides is 7. The molecule has 0 aromatic rings. The van der Waals surface area contributed by atoms with Crippen LogP contribution in [0.15, 0.2) is 0 Å². The maximum atomic E-state index is 13.4. The third-order valence-electron chi connectivity index (χ3n) is 6.80. The molecule has 0 unspecified atom stereocenters. The lowest BCUT2D eigenvalue weighted by Gasteiger charge is -2.27. The van der Waals surface area contributed by atoms with E-state index < -0.39 is 103 Å². The van der Waals surface area contributed by atoms with Crippen LogP contribution >= 0.6 is 21.6 Å². The van der Waals surface area contributed by atoms with E-state index in [0.29, 0.717) is 19.4 Å². The Morgan fingerprint density at radius 1 is 0.766 bits per heavy atom. The van der Waals surface area contributed by atoms with Gasteiger partial charge < -0.3 is 54.6 Å². The van der Waals surface area contributed by atoms with E-state index in [4.69, 9.17) is 22.9 Å². The van der Waals surface area contributed by atoms with Gasteiger partial charge >= 0.3 is 5.97 Å². The van der Waals surface area contributed by atoms with Crippen molar-refractivity contribution >= 4 is 68.9 Å². The van der Waals surface area contributed by atoms with E-state index in [1.807, 2.05) is 0 Å². The van der Waals surface area contributed by atoms with Crippen molar-refractivity contribution < 1.29 is 43.5 Å². The highest BCUT2D eigenvalue weighted by Crippen LogP contribution is 2.23. The summed E-state index contributed by atoms with van der Waals surface area (Å²) < 4.78 is 0. The summed E-state index contributed by atoms with van der Waals surface area (Å²) in [6, 6.07) is -7.83. The third-order valence-corrected chi connectivity index (χ3v) is 9.25. The maximum absolute atomic E-state index is 13.4. The van der Waals surface area contributed by atoms with Gasteiger partial charge in [0, 0.05) is 17.9 Å². The van der Waals surface area contributed by atoms with Crippen molar-refractivity contribution in [2.75, 3.05) is 18.1 Å². The zero-order valence-corrected chi connectivity index (χ0v) is 28.1. The number of nitrogens with one attached hydrogen (secondary N) is 5. The highest BCUT2D eigenvalue weighted by molar-refractivity contribution is 8.76. The van der Waals surface area contributed by atoms with Crippen molar-refractivity contribution in [1.82, 2.24) is 26.6 Å². The summed E-state index contributed by atoms with van der Waals surface area (Å²) in [6.45, 7) is 3.88. The summed E-state index contributed by atoms with van der Waals surface area (Å²) in [4.78, 5) is 102. The largest absolute Gasteiger partial charge is 0.481 e. The van der Waals surface area contributed by atoms with Crippen molar-refractivity contribution in [3.63, 3.8) is 0 Å². The van der Waals surface area contributed by atoms with E-state index in [-0.39, 0.29) is 30.3 Å². The van der Waals surface area contributed by atoms with Crippen LogP contribution in [-0.2, 0) is 38.4 Å². The average molecular weight is 706 g/mol. The second-order valence-electron chi connectivity index (χ2n) is 11.4. The number of primary amides is 2. The van der Waals surface area contributed by atoms with Crippen LogP contribution in [0.5, 0.6) is 0 Å². The van der Waals surface area contributed by atoms with Crippen molar-refractivity contribution in [2.45, 2.75) is 95.0 Å². The molecule has 1 aliphatic rings. The molecule has 1 saturated heterocycles. The highest BCUT2D eigenvalue weighted by Gasteiger charge is 2.34. The Morgan fingerprint density at radius 3 is 1.83 bits per heavy atom. The molecule has 1 fully saturated rings. The Balaban J connectivity index is 3.54. The van der Waals surface area contributed by atoms with E-state index in [0.717, 1.165) is 21.6 Å². The second kappa shape index (κ2) is 21.3. The molecule has 18 nitrogen and oxygen atoms in total. The average Bonchev–Trinajstić information content (AvgIpc) is 2.97. The number of carboxylic acids is 1. The Hall–Kier alpha value is -3.62. The van der Waals surface area contributed by atoms with Crippen molar-refractivity contribution in [2.24, 2.45) is 28.9 Å². The molecule has 1 aliphatic heterocycles. The zero-order chi connectivity index (χ0) is 35.7. The fraction of sp³-hybridized carbons (Fsp3) is 0.704. The molecular formula is C27H47N9O9S2. The lowest BCUT2D eigenvalue weighted by molar-refractivity contribution is -0.138. The first-order valence-corrected chi connectivity index (χ1v) is 17.6. The van der Waals surface area contributed by atoms with Crippen molar-refractivity contribution in [1.29, 1.82) is 0 Å². The predicted molar refractivity (Wildman–Crippen MR) is 175 cm³/mol. The van der Waals surface area contributed by atoms with Gasteiger partial charge in [0.25, 0.3) is 0 Å². The number of rotatable bonds is 12. The van der Waals surface area contributed by atoms with Crippen LogP contribution in [0.3, 0.4) is 0 Å². The standard InChI is InChI=1S/C27H47N9O9S2/c1-13(2)9-17-26(44)33-16(6-7-21(38)39)25(43)35-18(10-20(30)37)27(45)32-15(5-3-4-8-28)24(42)36-19(22(31)40)12-47-46-11-14(29)23(41)34-17/h13-19H,3-12,28-29H2,1-2H3,(H2,30,37)(H2,31,40)(H,32,45)(H,33,44)(H,34,41)(H,35,43)(H,36,42)(H,38,39)/t14-,15-,16-,17-,18-,19-/m0/s1. The molecule has 7 amide bonds. The Kier molecular flexibility index (Phi) is 18.8. The van der Waals surface area contributed by atoms with E-state index in [9.17, 15) is 43.5 Å². The minimum atomic E-state index is -1.64. The Labute approximate surface area is 280 Å². The molecule has 0 saturated carbocycles. The smallest absolute Gasteiger partial charge is 0.303 e. The summed E-state index contributed by atoms with van der Waals surface area (Å²) >= 11 is 0. The van der Waals surface area contributed by atoms with Crippen LogP contribution < -0.4 is 49.5 Å². The quantitative estimate of drug-likeness (QED) is 0.0698. The van der Waals surface area contributed by atoms with Gasteiger partial charge in [0.2, 0.25) is 41.4 Å². The number of nitrogens with two attached hydrogens (primary N) is 4. The molecular weight excluding hydrogens is 658 g/mol. The van der Waals surface area contributed by atoms with Crippen LogP contribution in [0.1, 0.15) is 58.8 Å². The number of carboxylic acid groups (broad SMARTS) is 1. The molecule has 0 spiro atoms. The van der Waals surface area contributed by atoms with Gasteiger partial charge in [-0.15, -0.1) is 0 Å². The molecule has 0 aromatic heterocycles. The van der Waals surface area contributed by atoms with Gasteiger partial charge in [-0.3, -0.25) is 38.4 Å². The van der Waals surface area contributed by atoms with Gasteiger partial charge in [0.05, 0.1) is 12.5 Å². The molecule has 0 bridgehead atoms. The molecule has 1 heterocycles. The molecule has 6 atom stereocenters. The minimum Gasteiger partial charge on any atom is -0.481 e. The van der Waals surface area contributed by atoms with Crippen LogP contribution in [0.4, 0.5) is 0 Å². The molecule has 0 aromatic carbocycles. The zero-order valence-electron chi connectivity index (χ0n) is 26.5. The topological polar surface area (TPSA) is 321 Å². The second-order valence-corrected chi connectivity index (χ2v) is 14.0. The monoisotopic (exact) mass is 705 g/mol. The summed E-state index contributed by atoms with van der Waals surface area (Å²) in [5, 5.41) is 21.5. The number of aliphatic carboxylic acids is 1. The van der Waals surface area contributed by atoms with E-state index in [1.54, 1.807) is 13.8 Å². The number of hydrogen-bond donors (Lipinski definition) is 10. The Morgan fingerprint density at radius 2 is 1.28 bits per heavy atom. The molecule has 266 valence electrons. The van der Waals surface area contributed by atoms with Gasteiger partial charge in [-0.2, -0.15) is 0 Å². The molecule has 47 heavy (non-hydrogen) atoms.